The molecule has 10 N–H and O–H groups in total. The highest BCUT2D eigenvalue weighted by Gasteiger charge is 2.36. The molecule has 17 aromatic rings. The molecule has 17 nitrogen and oxygen atoms in total. The fraction of sp³-hybridized carbons (Fsp3) is 0.220. The van der Waals surface area contributed by atoms with Gasteiger partial charge in [-0.2, -0.15) is 0 Å². The van der Waals surface area contributed by atoms with Crippen LogP contribution in [0.1, 0.15) is 60.6 Å². The molecule has 0 aliphatic carbocycles. The second-order valence-corrected chi connectivity index (χ2v) is 32.4. The van der Waals surface area contributed by atoms with E-state index in [-0.39, 0.29) is 12.0 Å². The lowest BCUT2D eigenvalue weighted by molar-refractivity contribution is -0.137. The Morgan fingerprint density at radius 1 is 0.500 bits per heavy atom. The number of aromatic hydroxyl groups is 1. The Morgan fingerprint density at radius 2 is 1.04 bits per heavy atom. The maximum Gasteiger partial charge on any atom is 0.326 e. The number of carboxylic acids is 1. The van der Waals surface area contributed by atoms with Gasteiger partial charge in [0.2, 0.25) is 0 Å². The Labute approximate surface area is 741 Å². The number of aromatic nitrogens is 5. The van der Waals surface area contributed by atoms with E-state index in [0.717, 1.165) is 79.1 Å². The zero-order chi connectivity index (χ0) is 88.2. The van der Waals surface area contributed by atoms with Gasteiger partial charge in [-0.15, -0.1) is 0 Å². The van der Waals surface area contributed by atoms with Crippen LogP contribution in [0.5, 0.6) is 11.5 Å². The van der Waals surface area contributed by atoms with Crippen molar-refractivity contribution in [2.24, 2.45) is 21.1 Å². The highest BCUT2D eigenvalue weighted by molar-refractivity contribution is 5.88. The van der Waals surface area contributed by atoms with E-state index in [2.05, 4.69) is 329 Å². The molecule has 0 saturated carbocycles. The normalized spacial score (nSPS) is 14.6. The molecule has 646 valence electrons. The molecular weight excluding hydrogens is 1560 g/mol. The van der Waals surface area contributed by atoms with Crippen molar-refractivity contribution in [3.8, 4) is 22.8 Å². The van der Waals surface area contributed by atoms with Gasteiger partial charge in [-0.1, -0.05) is 227 Å². The van der Waals surface area contributed by atoms with Crippen LogP contribution in [0.4, 0.5) is 34.1 Å². The summed E-state index contributed by atoms with van der Waals surface area (Å²) in [5.74, 6) is 0.504. The number of likely N-dealkylation sites (N-methyl/N-ethyl adjacent to an activating group) is 1. The number of hydrogen-bond acceptors (Lipinski definition) is 11. The number of para-hydroxylation sites is 11. The van der Waals surface area contributed by atoms with Crippen molar-refractivity contribution in [3.63, 3.8) is 0 Å². The van der Waals surface area contributed by atoms with Crippen LogP contribution in [0, 0.1) is 0 Å². The number of phenolic OH excluding ortho intramolecular Hbond substituents is 1. The van der Waals surface area contributed by atoms with Crippen LogP contribution in [-0.4, -0.2) is 117 Å². The van der Waals surface area contributed by atoms with Gasteiger partial charge < -0.3 is 80.1 Å². The van der Waals surface area contributed by atoms with E-state index in [1.165, 1.54) is 137 Å². The SMILES string of the molecule is C=C1N(C)c2ccccc2C1(C)C.CC1Cc2ccccc2N1.COc1ccccc1N1CCNCC1.Cn1c(-c2ccccc2)cc2ccccc21.Cn1ccc2cc(O)ccc21.Cn1ccc2ccccc21.O=C(O)C1Cc2ccccc2N1.OCCc1c[nH]c2ccccc12.c1ccc2[nH]ccc2c1.c1ccc2c(c1)CCCN2.c1ccc2c(c1)CCN2. The van der Waals surface area contributed by atoms with Crippen molar-refractivity contribution < 1.29 is 24.9 Å². The number of H-pyrrole nitrogens is 2. The van der Waals surface area contributed by atoms with Crippen molar-refractivity contribution in [1.82, 2.24) is 29.0 Å². The van der Waals surface area contributed by atoms with E-state index in [9.17, 15) is 4.79 Å². The first-order valence-corrected chi connectivity index (χ1v) is 43.6. The number of nitrogens with zero attached hydrogens (tertiary/aromatic N) is 5. The maximum atomic E-state index is 10.6. The number of ether oxygens (including phenoxy) is 1. The summed E-state index contributed by atoms with van der Waals surface area (Å²) in [4.78, 5) is 21.4. The molecule has 6 aliphatic rings. The number of anilines is 6. The summed E-state index contributed by atoms with van der Waals surface area (Å²) in [5.41, 5.74) is 25.3. The molecule has 5 aromatic heterocycles. The number of nitrogens with one attached hydrogen (secondary N) is 7. The van der Waals surface area contributed by atoms with Crippen molar-refractivity contribution in [2.75, 3.05) is 91.1 Å². The quantitative estimate of drug-likeness (QED) is 0.0757. The summed E-state index contributed by atoms with van der Waals surface area (Å²) in [7, 11) is 9.96. The molecule has 0 bridgehead atoms. The Morgan fingerprint density at radius 3 is 1.68 bits per heavy atom. The highest BCUT2D eigenvalue weighted by Crippen LogP contribution is 2.46. The minimum Gasteiger partial charge on any atom is -0.508 e. The van der Waals surface area contributed by atoms with E-state index < -0.39 is 12.0 Å². The van der Waals surface area contributed by atoms with Crippen LogP contribution < -0.4 is 41.1 Å². The molecule has 0 amide bonds. The van der Waals surface area contributed by atoms with Gasteiger partial charge in [-0.3, -0.25) is 0 Å². The molecule has 2 unspecified atom stereocenters. The number of fused-ring (bicyclic) bond motifs is 10. The van der Waals surface area contributed by atoms with Gasteiger partial charge in [0, 0.05) is 200 Å². The van der Waals surface area contributed by atoms with Crippen LogP contribution in [0.3, 0.4) is 0 Å². The van der Waals surface area contributed by atoms with Gasteiger partial charge in [0.1, 0.15) is 17.5 Å². The summed E-state index contributed by atoms with van der Waals surface area (Å²) in [6.07, 6.45) is 14.2. The lowest BCUT2D eigenvalue weighted by atomic mass is 9.85. The van der Waals surface area contributed by atoms with Crippen molar-refractivity contribution >= 4 is 94.6 Å². The van der Waals surface area contributed by atoms with Crippen LogP contribution in [-0.2, 0) is 63.5 Å². The van der Waals surface area contributed by atoms with Crippen molar-refractivity contribution in [2.45, 2.75) is 76.8 Å². The number of carboxylic acid groups (broad SMARTS) is 1. The largest absolute Gasteiger partial charge is 0.508 e. The molecule has 2 atom stereocenters. The number of methoxy groups -OCH3 is 1. The first-order chi connectivity index (χ1) is 61.4. The zero-order valence-electron chi connectivity index (χ0n) is 73.8. The first-order valence-electron chi connectivity index (χ1n) is 43.6. The number of phenols is 1. The van der Waals surface area contributed by atoms with Crippen molar-refractivity contribution in [3.05, 3.63) is 386 Å². The van der Waals surface area contributed by atoms with Crippen molar-refractivity contribution in [1.29, 1.82) is 0 Å². The average Bonchev–Trinajstić information content (AvgIpc) is 1.60. The molecule has 1 saturated heterocycles. The summed E-state index contributed by atoms with van der Waals surface area (Å²) in [6, 6.07) is 107. The molecule has 12 aromatic carbocycles. The number of allylic oxidation sites excluding steroid dienone is 1. The fourth-order valence-electron chi connectivity index (χ4n) is 16.5. The van der Waals surface area contributed by atoms with Crippen LogP contribution in [0.2, 0.25) is 0 Å². The molecule has 1 fully saturated rings. The third-order valence-electron chi connectivity index (χ3n) is 23.5. The third kappa shape index (κ3) is 23.4. The molecule has 11 heterocycles. The monoisotopic (exact) mass is 1680 g/mol. The van der Waals surface area contributed by atoms with Crippen LogP contribution in [0.25, 0.3) is 65.8 Å². The van der Waals surface area contributed by atoms with Gasteiger partial charge >= 0.3 is 5.97 Å². The Kier molecular flexibility index (Phi) is 31.5. The van der Waals surface area contributed by atoms with E-state index in [1.54, 1.807) is 19.2 Å². The third-order valence-corrected chi connectivity index (χ3v) is 23.5. The smallest absolute Gasteiger partial charge is 0.326 e. The topological polar surface area (TPSA) is 200 Å². The van der Waals surface area contributed by atoms with Gasteiger partial charge in [-0.25, -0.2) is 4.79 Å². The number of rotatable bonds is 6. The number of aromatic amines is 2. The number of benzene rings is 12. The van der Waals surface area contributed by atoms with E-state index in [4.69, 9.17) is 20.1 Å². The number of hydrogen-bond donors (Lipinski definition) is 10. The molecular formula is C109H120N12O5. The molecule has 23 rings (SSSR count). The number of carbonyl (C=O) groups is 1. The molecule has 0 radical (unpaired) electrons. The average molecular weight is 1680 g/mol. The minimum atomic E-state index is -0.786. The molecule has 126 heavy (non-hydrogen) atoms. The second-order valence-electron chi connectivity index (χ2n) is 32.4. The lowest BCUT2D eigenvalue weighted by Crippen LogP contribution is -2.43. The Hall–Kier alpha value is -14.1. The van der Waals surface area contributed by atoms with Crippen LogP contribution in [0.15, 0.2) is 353 Å². The zero-order valence-corrected chi connectivity index (χ0v) is 73.8. The highest BCUT2D eigenvalue weighted by atomic mass is 16.5. The predicted molar refractivity (Wildman–Crippen MR) is 529 cm³/mol. The lowest BCUT2D eigenvalue weighted by Gasteiger charge is -2.30. The van der Waals surface area contributed by atoms with Gasteiger partial charge in [0.15, 0.2) is 0 Å². The Balaban J connectivity index is 0.000000119. The van der Waals surface area contributed by atoms with Gasteiger partial charge in [0.05, 0.1) is 12.8 Å². The van der Waals surface area contributed by atoms with E-state index in [0.29, 0.717) is 18.2 Å². The number of aliphatic hydroxyl groups is 1. The maximum absolute atomic E-state index is 10.6. The molecule has 0 spiro atoms. The standard InChI is InChI=1S/C15H13N.C12H15N.C11H16N2O.C10H11NO.C9H9NO2.C9H9NO.C9H9N.2C9H11N.C8H9N.C8H7N/c1-16-14-10-6-5-9-13(14)11-15(16)12-7-3-2-4-8-12;1-9-12(2,3)10-7-5-6-8-11(10)13(9)4;1-14-11-5-3-2-4-10(11)13-8-6-12-7-9-13;12-6-5-8-7-11-10-4-2-1-3-9(8)10;11-9(12)8-5-6-3-1-2-4-7(6)10-8;1-10-5-4-7-6-8(11)2-3-9(7)10;1-10-7-6-8-4-2-3-5-9(8)10;1-7-6-8-4-2-3-5-9(8)10-7;1-2-6-9-8(4-1)5-3-7-10-9;2*1-2-4-8-7(3-1)5-6-9-8/h2-11H,1H3;5-8H,1H2,2-4H3;2-5,12H,6-9H2,1H3;1-4,7,11-12H,5-6H2;1-4,8,10H,5H2,(H,11,12);2-6,11H,1H3;2-7H,1H3;2-5,7,10H,6H2,1H3;1-2,4,6,10H,3,5,7H2;1-4,9H,5-6H2;1-6,9H. The van der Waals surface area contributed by atoms with Gasteiger partial charge in [0.25, 0.3) is 0 Å². The number of aliphatic hydroxyl groups excluding tert-OH is 1. The summed E-state index contributed by atoms with van der Waals surface area (Å²) < 4.78 is 11.7. The fourth-order valence-corrected chi connectivity index (χ4v) is 16.5. The Bertz CT molecular complexity index is 6200. The minimum absolute atomic E-state index is 0.0886. The first kappa shape index (κ1) is 89.6. The number of aryl methyl sites for hydroxylation is 4. The number of aliphatic carboxylic acids is 1. The molecule has 17 heteroatoms. The summed E-state index contributed by atoms with van der Waals surface area (Å²) in [5, 5.41) is 49.1. The predicted octanol–water partition coefficient (Wildman–Crippen LogP) is 22.7. The van der Waals surface area contributed by atoms with Crippen LogP contribution >= 0.6 is 0 Å². The van der Waals surface area contributed by atoms with E-state index >= 15 is 0 Å². The number of piperazine rings is 1. The van der Waals surface area contributed by atoms with E-state index in [1.807, 2.05) is 115 Å². The van der Waals surface area contributed by atoms with Gasteiger partial charge in [-0.05, 0) is 198 Å². The summed E-state index contributed by atoms with van der Waals surface area (Å²) in [6.45, 7) is 17.5. The molecule has 6 aliphatic heterocycles. The second kappa shape index (κ2) is 44.3. The summed E-state index contributed by atoms with van der Waals surface area (Å²) >= 11 is 0.